The van der Waals surface area contributed by atoms with Crippen LogP contribution in [-0.2, 0) is 6.42 Å². The predicted octanol–water partition coefficient (Wildman–Crippen LogP) is 3.14. The van der Waals surface area contributed by atoms with Gasteiger partial charge in [-0.3, -0.25) is 0 Å². The number of hydrogen-bond donors (Lipinski definition) is 1. The van der Waals surface area contributed by atoms with E-state index in [2.05, 4.69) is 47.0 Å². The van der Waals surface area contributed by atoms with E-state index in [-0.39, 0.29) is 0 Å². The minimum absolute atomic E-state index is 0.725. The lowest BCUT2D eigenvalue weighted by Crippen LogP contribution is -2.02. The summed E-state index contributed by atoms with van der Waals surface area (Å²) in [5, 5.41) is 4.62. The molecule has 0 bridgehead atoms. The van der Waals surface area contributed by atoms with E-state index in [1.807, 2.05) is 16.8 Å². The van der Waals surface area contributed by atoms with E-state index in [9.17, 15) is 0 Å². The van der Waals surface area contributed by atoms with Gasteiger partial charge in [0, 0.05) is 10.2 Å². The van der Waals surface area contributed by atoms with Crippen molar-refractivity contribution in [3.05, 3.63) is 45.7 Å². The van der Waals surface area contributed by atoms with Gasteiger partial charge in [0.1, 0.15) is 0 Å². The number of nitrogens with two attached hydrogens (primary N) is 1. The number of hydrogen-bond acceptors (Lipinski definition) is 2. The first kappa shape index (κ1) is 13.3. The summed E-state index contributed by atoms with van der Waals surface area (Å²) >= 11 is 3.45. The number of nitrogens with zero attached hydrogens (tertiary/aromatic N) is 2. The van der Waals surface area contributed by atoms with E-state index >= 15 is 0 Å². The minimum Gasteiger partial charge on any atom is -0.330 e. The van der Waals surface area contributed by atoms with Crippen LogP contribution in [0.25, 0.3) is 5.69 Å². The lowest BCUT2D eigenvalue weighted by atomic mass is 10.1. The van der Waals surface area contributed by atoms with Gasteiger partial charge in [-0.05, 0) is 63.1 Å². The standard InChI is InChI=1S/C14H18BrN3/c1-10-14(4-3-9-16)11(2)18(17-10)13-7-5-12(15)6-8-13/h5-8H,3-4,9,16H2,1-2H3. The normalized spacial score (nSPS) is 10.9. The van der Waals surface area contributed by atoms with Gasteiger partial charge in [0.15, 0.2) is 0 Å². The molecule has 4 heteroatoms. The third-order valence-electron chi connectivity index (χ3n) is 3.14. The molecule has 0 atom stereocenters. The first-order chi connectivity index (χ1) is 8.63. The zero-order valence-electron chi connectivity index (χ0n) is 10.8. The van der Waals surface area contributed by atoms with Crippen molar-refractivity contribution in [2.45, 2.75) is 26.7 Å². The van der Waals surface area contributed by atoms with Crippen molar-refractivity contribution in [2.75, 3.05) is 6.54 Å². The van der Waals surface area contributed by atoms with Gasteiger partial charge in [0.25, 0.3) is 0 Å². The Balaban J connectivity index is 2.37. The summed E-state index contributed by atoms with van der Waals surface area (Å²) < 4.78 is 3.09. The summed E-state index contributed by atoms with van der Waals surface area (Å²) in [7, 11) is 0. The Morgan fingerprint density at radius 3 is 2.50 bits per heavy atom. The quantitative estimate of drug-likeness (QED) is 0.943. The highest BCUT2D eigenvalue weighted by Gasteiger charge is 2.11. The molecule has 2 aromatic rings. The van der Waals surface area contributed by atoms with Crippen LogP contribution in [0.15, 0.2) is 28.7 Å². The third kappa shape index (κ3) is 2.65. The highest BCUT2D eigenvalue weighted by Crippen LogP contribution is 2.20. The van der Waals surface area contributed by atoms with E-state index in [0.29, 0.717) is 0 Å². The van der Waals surface area contributed by atoms with Crippen molar-refractivity contribution in [3.63, 3.8) is 0 Å². The highest BCUT2D eigenvalue weighted by atomic mass is 79.9. The molecule has 0 saturated carbocycles. The average molecular weight is 308 g/mol. The largest absolute Gasteiger partial charge is 0.330 e. The lowest BCUT2D eigenvalue weighted by Gasteiger charge is -2.05. The lowest BCUT2D eigenvalue weighted by molar-refractivity contribution is 0.815. The summed E-state index contributed by atoms with van der Waals surface area (Å²) in [4.78, 5) is 0. The zero-order valence-corrected chi connectivity index (χ0v) is 12.4. The topological polar surface area (TPSA) is 43.8 Å². The molecule has 0 spiro atoms. The van der Waals surface area contributed by atoms with E-state index in [0.717, 1.165) is 35.2 Å². The van der Waals surface area contributed by atoms with E-state index in [1.54, 1.807) is 0 Å². The molecule has 18 heavy (non-hydrogen) atoms. The van der Waals surface area contributed by atoms with Crippen molar-refractivity contribution < 1.29 is 0 Å². The molecule has 2 N–H and O–H groups in total. The van der Waals surface area contributed by atoms with Crippen molar-refractivity contribution in [2.24, 2.45) is 5.73 Å². The second-order valence-corrected chi connectivity index (χ2v) is 5.35. The second-order valence-electron chi connectivity index (χ2n) is 4.43. The van der Waals surface area contributed by atoms with Crippen molar-refractivity contribution in [1.29, 1.82) is 0 Å². The number of halogens is 1. The molecule has 0 radical (unpaired) electrons. The van der Waals surface area contributed by atoms with Crippen molar-refractivity contribution in [1.82, 2.24) is 9.78 Å². The Morgan fingerprint density at radius 1 is 1.22 bits per heavy atom. The van der Waals surface area contributed by atoms with Crippen LogP contribution in [0.1, 0.15) is 23.4 Å². The van der Waals surface area contributed by atoms with Crippen LogP contribution in [0.2, 0.25) is 0 Å². The summed E-state index contributed by atoms with van der Waals surface area (Å²) in [6.07, 6.45) is 2.01. The van der Waals surface area contributed by atoms with Gasteiger partial charge < -0.3 is 5.73 Å². The molecule has 0 amide bonds. The Labute approximate surface area is 116 Å². The molecule has 2 rings (SSSR count). The van der Waals surface area contributed by atoms with Gasteiger partial charge in [-0.1, -0.05) is 15.9 Å². The Hall–Kier alpha value is -1.13. The van der Waals surface area contributed by atoms with Crippen LogP contribution in [0.4, 0.5) is 0 Å². The smallest absolute Gasteiger partial charge is 0.0649 e. The molecule has 1 heterocycles. The van der Waals surface area contributed by atoms with Gasteiger partial charge in [0.05, 0.1) is 11.4 Å². The zero-order chi connectivity index (χ0) is 13.1. The first-order valence-electron chi connectivity index (χ1n) is 6.14. The molecule has 0 aliphatic heterocycles. The molecule has 0 saturated heterocycles. The summed E-state index contributed by atoms with van der Waals surface area (Å²) in [5.74, 6) is 0. The van der Waals surface area contributed by atoms with Gasteiger partial charge in [-0.2, -0.15) is 5.10 Å². The number of benzene rings is 1. The van der Waals surface area contributed by atoms with Crippen LogP contribution in [0.5, 0.6) is 0 Å². The van der Waals surface area contributed by atoms with E-state index in [4.69, 9.17) is 5.73 Å². The maximum Gasteiger partial charge on any atom is 0.0649 e. The monoisotopic (exact) mass is 307 g/mol. The molecule has 96 valence electrons. The molecular weight excluding hydrogens is 290 g/mol. The van der Waals surface area contributed by atoms with Gasteiger partial charge in [-0.15, -0.1) is 0 Å². The molecule has 1 aromatic carbocycles. The fourth-order valence-electron chi connectivity index (χ4n) is 2.15. The summed E-state index contributed by atoms with van der Waals surface area (Å²) in [6.45, 7) is 4.91. The van der Waals surface area contributed by atoms with Gasteiger partial charge >= 0.3 is 0 Å². The molecule has 0 fully saturated rings. The van der Waals surface area contributed by atoms with Crippen LogP contribution in [-0.4, -0.2) is 16.3 Å². The van der Waals surface area contributed by atoms with Crippen molar-refractivity contribution >= 4 is 15.9 Å². The van der Waals surface area contributed by atoms with Gasteiger partial charge in [0.2, 0.25) is 0 Å². The Morgan fingerprint density at radius 2 is 1.89 bits per heavy atom. The van der Waals surface area contributed by atoms with Crippen LogP contribution in [0, 0.1) is 13.8 Å². The highest BCUT2D eigenvalue weighted by molar-refractivity contribution is 9.10. The van der Waals surface area contributed by atoms with Gasteiger partial charge in [-0.25, -0.2) is 4.68 Å². The van der Waals surface area contributed by atoms with E-state index < -0.39 is 0 Å². The van der Waals surface area contributed by atoms with Crippen LogP contribution in [0.3, 0.4) is 0 Å². The SMILES string of the molecule is Cc1nn(-c2ccc(Br)cc2)c(C)c1CCCN. The fourth-order valence-corrected chi connectivity index (χ4v) is 2.41. The number of rotatable bonds is 4. The van der Waals surface area contributed by atoms with Crippen LogP contribution < -0.4 is 5.73 Å². The minimum atomic E-state index is 0.725. The van der Waals surface area contributed by atoms with Crippen molar-refractivity contribution in [3.8, 4) is 5.69 Å². The molecule has 3 nitrogen and oxygen atoms in total. The summed E-state index contributed by atoms with van der Waals surface area (Å²) in [5.41, 5.74) is 10.3. The first-order valence-corrected chi connectivity index (χ1v) is 6.94. The average Bonchev–Trinajstić information content (AvgIpc) is 2.64. The fraction of sp³-hybridized carbons (Fsp3) is 0.357. The molecule has 1 aromatic heterocycles. The molecule has 0 aliphatic rings. The third-order valence-corrected chi connectivity index (χ3v) is 3.67. The maximum absolute atomic E-state index is 5.58. The summed E-state index contributed by atoms with van der Waals surface area (Å²) in [6, 6.07) is 8.20. The Kier molecular flexibility index (Phi) is 4.19. The second kappa shape index (κ2) is 5.67. The number of aryl methyl sites for hydroxylation is 1. The molecular formula is C14H18BrN3. The Bertz CT molecular complexity index is 529. The van der Waals surface area contributed by atoms with Crippen LogP contribution >= 0.6 is 15.9 Å². The predicted molar refractivity (Wildman–Crippen MR) is 78.1 cm³/mol. The van der Waals surface area contributed by atoms with E-state index in [1.165, 1.54) is 11.3 Å². The maximum atomic E-state index is 5.58. The number of aromatic nitrogens is 2. The molecule has 0 unspecified atom stereocenters. The molecule has 0 aliphatic carbocycles.